The van der Waals surface area contributed by atoms with Crippen molar-refractivity contribution in [3.8, 4) is 0 Å². The molecule has 0 N–H and O–H groups in total. The maximum Gasteiger partial charge on any atom is 0.306 e. The minimum Gasteiger partial charge on any atom is -0.462 e. The second-order valence-electron chi connectivity index (χ2n) is 15.5. The number of hydrogen-bond donors (Lipinski definition) is 0. The van der Waals surface area contributed by atoms with Gasteiger partial charge >= 0.3 is 17.9 Å². The van der Waals surface area contributed by atoms with Gasteiger partial charge in [0.25, 0.3) is 0 Å². The first-order chi connectivity index (χ1) is 24.4. The molecule has 0 spiro atoms. The molecule has 0 radical (unpaired) electrons. The lowest BCUT2D eigenvalue weighted by molar-refractivity contribution is -0.167. The molecule has 0 aliphatic heterocycles. The van der Waals surface area contributed by atoms with E-state index >= 15 is 0 Å². The monoisotopic (exact) mass is 709 g/mol. The Morgan fingerprint density at radius 3 is 0.980 bits per heavy atom. The van der Waals surface area contributed by atoms with Crippen molar-refractivity contribution in [2.45, 2.75) is 246 Å². The lowest BCUT2D eigenvalue weighted by Crippen LogP contribution is -2.30. The van der Waals surface area contributed by atoms with Gasteiger partial charge in [0.2, 0.25) is 0 Å². The van der Waals surface area contributed by atoms with E-state index in [1.807, 2.05) is 0 Å². The molecule has 0 amide bonds. The smallest absolute Gasteiger partial charge is 0.306 e. The molecule has 0 aromatic carbocycles. The van der Waals surface area contributed by atoms with Crippen LogP contribution in [-0.4, -0.2) is 37.2 Å². The van der Waals surface area contributed by atoms with Crippen LogP contribution >= 0.6 is 0 Å². The zero-order valence-electron chi connectivity index (χ0n) is 33.9. The summed E-state index contributed by atoms with van der Waals surface area (Å²) in [7, 11) is 0. The van der Waals surface area contributed by atoms with Crippen LogP contribution in [-0.2, 0) is 28.6 Å². The van der Waals surface area contributed by atoms with E-state index < -0.39 is 6.10 Å². The zero-order valence-corrected chi connectivity index (χ0v) is 33.9. The lowest BCUT2D eigenvalue weighted by atomic mass is 10.0. The van der Waals surface area contributed by atoms with Gasteiger partial charge < -0.3 is 14.2 Å². The number of unbranched alkanes of at least 4 members (excludes halogenated alkanes) is 26. The summed E-state index contributed by atoms with van der Waals surface area (Å²) in [6.45, 7) is 8.88. The van der Waals surface area contributed by atoms with E-state index in [9.17, 15) is 14.4 Å². The summed E-state index contributed by atoms with van der Waals surface area (Å²) in [5.74, 6) is -0.0791. The van der Waals surface area contributed by atoms with E-state index in [0.717, 1.165) is 70.1 Å². The molecule has 0 fully saturated rings. The van der Waals surface area contributed by atoms with Gasteiger partial charge in [0.15, 0.2) is 6.10 Å². The molecule has 0 bridgehead atoms. The Kier molecular flexibility index (Phi) is 37.4. The Hall–Kier alpha value is -1.59. The summed E-state index contributed by atoms with van der Waals surface area (Å²) in [5.41, 5.74) is 0. The molecule has 1 atom stereocenters. The zero-order chi connectivity index (χ0) is 36.8. The number of carbonyl (C=O) groups is 3. The van der Waals surface area contributed by atoms with E-state index in [-0.39, 0.29) is 31.1 Å². The highest BCUT2D eigenvalue weighted by molar-refractivity contribution is 5.71. The quantitative estimate of drug-likeness (QED) is 0.0359. The van der Waals surface area contributed by atoms with Crippen LogP contribution < -0.4 is 0 Å². The van der Waals surface area contributed by atoms with Crippen LogP contribution in [0.1, 0.15) is 240 Å². The number of carbonyl (C=O) groups excluding carboxylic acids is 3. The second-order valence-corrected chi connectivity index (χ2v) is 15.5. The van der Waals surface area contributed by atoms with Gasteiger partial charge in [-0.2, -0.15) is 0 Å². The van der Waals surface area contributed by atoms with Crippen LogP contribution in [0.25, 0.3) is 0 Å². The van der Waals surface area contributed by atoms with Gasteiger partial charge in [-0.25, -0.2) is 0 Å². The van der Waals surface area contributed by atoms with Crippen LogP contribution in [0.3, 0.4) is 0 Å². The van der Waals surface area contributed by atoms with Crippen LogP contribution in [0.4, 0.5) is 0 Å². The summed E-state index contributed by atoms with van der Waals surface area (Å²) in [4.78, 5) is 37.4. The van der Waals surface area contributed by atoms with Crippen molar-refractivity contribution < 1.29 is 28.6 Å². The third kappa shape index (κ3) is 37.7. The molecule has 50 heavy (non-hydrogen) atoms. The van der Waals surface area contributed by atoms with Crippen molar-refractivity contribution in [3.63, 3.8) is 0 Å². The molecule has 0 aliphatic rings. The molecule has 0 aliphatic carbocycles. The normalized spacial score (nSPS) is 11.9. The standard InChI is InChI=1S/C44H84O6/c1-5-7-9-11-12-13-14-15-16-17-18-19-20-24-28-32-36-43(46)49-39-41(38-48-42(45)35-31-26-10-8-6-2)50-44(47)37-33-29-25-22-21-23-27-30-34-40(3)4/h40-41H,5-39H2,1-4H3/t41-/m1/s1. The Balaban J connectivity index is 4.17. The number of hydrogen-bond acceptors (Lipinski definition) is 6. The van der Waals surface area contributed by atoms with Gasteiger partial charge in [0.05, 0.1) is 0 Å². The minimum absolute atomic E-state index is 0.0655. The van der Waals surface area contributed by atoms with Crippen molar-refractivity contribution >= 4 is 17.9 Å². The molecule has 0 aromatic heterocycles. The highest BCUT2D eigenvalue weighted by atomic mass is 16.6. The number of ether oxygens (including phenoxy) is 3. The molecule has 0 rings (SSSR count). The maximum absolute atomic E-state index is 12.6. The fourth-order valence-electron chi connectivity index (χ4n) is 6.45. The lowest BCUT2D eigenvalue weighted by Gasteiger charge is -2.18. The number of esters is 3. The Morgan fingerprint density at radius 1 is 0.380 bits per heavy atom. The van der Waals surface area contributed by atoms with E-state index in [0.29, 0.717) is 19.3 Å². The average Bonchev–Trinajstić information content (AvgIpc) is 3.09. The van der Waals surface area contributed by atoms with Crippen LogP contribution in [0.15, 0.2) is 0 Å². The van der Waals surface area contributed by atoms with Crippen molar-refractivity contribution in [2.24, 2.45) is 5.92 Å². The SMILES string of the molecule is CCCCCCCCCCCCCCCCCCC(=O)OC[C@@H](COC(=O)CCCCCCC)OC(=O)CCCCCCCCCCC(C)C. The van der Waals surface area contributed by atoms with E-state index in [2.05, 4.69) is 27.7 Å². The summed E-state index contributed by atoms with van der Waals surface area (Å²) in [6, 6.07) is 0. The van der Waals surface area contributed by atoms with Crippen molar-refractivity contribution in [1.29, 1.82) is 0 Å². The van der Waals surface area contributed by atoms with Crippen LogP contribution in [0.2, 0.25) is 0 Å². The fraction of sp³-hybridized carbons (Fsp3) is 0.932. The predicted molar refractivity (Wildman–Crippen MR) is 210 cm³/mol. The fourth-order valence-corrected chi connectivity index (χ4v) is 6.45. The third-order valence-electron chi connectivity index (χ3n) is 9.79. The van der Waals surface area contributed by atoms with Gasteiger partial charge in [-0.1, -0.05) is 201 Å². The summed E-state index contributed by atoms with van der Waals surface area (Å²) in [6.07, 6.45) is 36.9. The van der Waals surface area contributed by atoms with Gasteiger partial charge in [-0.3, -0.25) is 14.4 Å². The van der Waals surface area contributed by atoms with Crippen molar-refractivity contribution in [2.75, 3.05) is 13.2 Å². The first-order valence-electron chi connectivity index (χ1n) is 21.9. The summed E-state index contributed by atoms with van der Waals surface area (Å²) in [5, 5.41) is 0. The molecule has 0 unspecified atom stereocenters. The summed E-state index contributed by atoms with van der Waals surface area (Å²) < 4.78 is 16.6. The molecule has 0 saturated heterocycles. The van der Waals surface area contributed by atoms with Gasteiger partial charge in [-0.05, 0) is 25.2 Å². The molecular weight excluding hydrogens is 624 g/mol. The average molecular weight is 709 g/mol. The molecule has 296 valence electrons. The first-order valence-corrected chi connectivity index (χ1v) is 21.9. The topological polar surface area (TPSA) is 78.9 Å². The minimum atomic E-state index is -0.757. The van der Waals surface area contributed by atoms with Crippen LogP contribution in [0.5, 0.6) is 0 Å². The molecule has 0 saturated carbocycles. The van der Waals surface area contributed by atoms with Crippen molar-refractivity contribution in [1.82, 2.24) is 0 Å². The third-order valence-corrected chi connectivity index (χ3v) is 9.79. The molecule has 6 heteroatoms. The van der Waals surface area contributed by atoms with Gasteiger partial charge in [0, 0.05) is 19.3 Å². The highest BCUT2D eigenvalue weighted by Crippen LogP contribution is 2.16. The van der Waals surface area contributed by atoms with E-state index in [4.69, 9.17) is 14.2 Å². The predicted octanol–water partition coefficient (Wildman–Crippen LogP) is 13.6. The van der Waals surface area contributed by atoms with Crippen LogP contribution in [0, 0.1) is 5.92 Å². The Labute approximate surface area is 310 Å². The highest BCUT2D eigenvalue weighted by Gasteiger charge is 2.19. The Bertz CT molecular complexity index is 751. The maximum atomic E-state index is 12.6. The molecule has 6 nitrogen and oxygen atoms in total. The molecule has 0 heterocycles. The molecule has 0 aromatic rings. The van der Waals surface area contributed by atoms with E-state index in [1.54, 1.807) is 0 Å². The second kappa shape index (κ2) is 38.6. The number of rotatable bonds is 39. The van der Waals surface area contributed by atoms with E-state index in [1.165, 1.54) is 128 Å². The molecular formula is C44H84O6. The van der Waals surface area contributed by atoms with Crippen molar-refractivity contribution in [3.05, 3.63) is 0 Å². The van der Waals surface area contributed by atoms with Gasteiger partial charge in [-0.15, -0.1) is 0 Å². The first kappa shape index (κ1) is 48.4. The Morgan fingerprint density at radius 2 is 0.660 bits per heavy atom. The largest absolute Gasteiger partial charge is 0.462 e. The summed E-state index contributed by atoms with van der Waals surface area (Å²) >= 11 is 0. The van der Waals surface area contributed by atoms with Gasteiger partial charge in [0.1, 0.15) is 13.2 Å².